The highest BCUT2D eigenvalue weighted by Gasteiger charge is 2.35. The summed E-state index contributed by atoms with van der Waals surface area (Å²) in [5.41, 5.74) is -0.861. The predicted octanol–water partition coefficient (Wildman–Crippen LogP) is 5.03. The molecule has 1 unspecified atom stereocenters. The summed E-state index contributed by atoms with van der Waals surface area (Å²) in [6, 6.07) is 3.62. The van der Waals surface area contributed by atoms with Crippen LogP contribution >= 0.6 is 39.1 Å². The Kier molecular flexibility index (Phi) is 4.32. The molecule has 1 aromatic carbocycles. The van der Waals surface area contributed by atoms with Gasteiger partial charge in [0.2, 0.25) is 0 Å². The van der Waals surface area contributed by atoms with E-state index < -0.39 is 17.1 Å². The average molecular weight is 322 g/mol. The molecule has 84 valence electrons. The average Bonchev–Trinajstić information content (AvgIpc) is 2.15. The zero-order chi connectivity index (χ0) is 11.6. The molecule has 15 heavy (non-hydrogen) atoms. The van der Waals surface area contributed by atoms with Gasteiger partial charge in [0.15, 0.2) is 0 Å². The molecule has 0 saturated carbocycles. The van der Waals surface area contributed by atoms with E-state index in [2.05, 4.69) is 15.9 Å². The minimum Gasteiger partial charge on any atom is -0.166 e. The molecule has 0 aromatic heterocycles. The van der Waals surface area contributed by atoms with Crippen LogP contribution in [0.15, 0.2) is 18.2 Å². The fourth-order valence-electron chi connectivity index (χ4n) is 1.18. The van der Waals surface area contributed by atoms with Crippen molar-refractivity contribution in [3.05, 3.63) is 34.3 Å². The highest BCUT2D eigenvalue weighted by Crippen LogP contribution is 2.40. The summed E-state index contributed by atoms with van der Waals surface area (Å²) in [6.07, 6.45) is -4.43. The second-order valence-corrected chi connectivity index (χ2v) is 4.40. The van der Waals surface area contributed by atoms with Crippen LogP contribution in [0, 0.1) is 0 Å². The zero-order valence-electron chi connectivity index (χ0n) is 7.28. The Balaban J connectivity index is 3.33. The van der Waals surface area contributed by atoms with E-state index in [9.17, 15) is 13.2 Å². The maximum atomic E-state index is 12.6. The Morgan fingerprint density at radius 1 is 1.33 bits per heavy atom. The SMILES string of the molecule is FC(F)(F)c1cccc(Cl)c1C(Cl)CBr. The normalized spacial score (nSPS) is 14.0. The van der Waals surface area contributed by atoms with Crippen LogP contribution in [0.25, 0.3) is 0 Å². The first kappa shape index (κ1) is 13.1. The summed E-state index contributed by atoms with van der Waals surface area (Å²) in [5, 5.41) is -0.555. The smallest absolute Gasteiger partial charge is 0.166 e. The maximum Gasteiger partial charge on any atom is 0.416 e. The van der Waals surface area contributed by atoms with E-state index in [0.29, 0.717) is 0 Å². The van der Waals surface area contributed by atoms with Crippen molar-refractivity contribution in [2.45, 2.75) is 11.6 Å². The van der Waals surface area contributed by atoms with Crippen LogP contribution in [-0.2, 0) is 6.18 Å². The van der Waals surface area contributed by atoms with Crippen LogP contribution < -0.4 is 0 Å². The standard InChI is InChI=1S/C9H6BrCl2F3/c10-4-7(12)8-5(9(13,14)15)2-1-3-6(8)11/h1-3,7H,4H2. The molecule has 0 aliphatic carbocycles. The van der Waals surface area contributed by atoms with E-state index in [1.54, 1.807) is 0 Å². The number of halogens is 6. The quantitative estimate of drug-likeness (QED) is 0.670. The van der Waals surface area contributed by atoms with Gasteiger partial charge in [-0.25, -0.2) is 0 Å². The van der Waals surface area contributed by atoms with E-state index >= 15 is 0 Å². The highest BCUT2D eigenvalue weighted by molar-refractivity contribution is 9.09. The van der Waals surface area contributed by atoms with Gasteiger partial charge in [0.25, 0.3) is 0 Å². The van der Waals surface area contributed by atoms with Crippen LogP contribution in [0.3, 0.4) is 0 Å². The number of rotatable bonds is 2. The molecular formula is C9H6BrCl2F3. The van der Waals surface area contributed by atoms with Crippen molar-refractivity contribution in [3.8, 4) is 0 Å². The summed E-state index contributed by atoms with van der Waals surface area (Å²) in [6.45, 7) is 0. The second kappa shape index (κ2) is 4.93. The topological polar surface area (TPSA) is 0 Å². The first-order valence-electron chi connectivity index (χ1n) is 3.93. The van der Waals surface area contributed by atoms with E-state index in [1.165, 1.54) is 12.1 Å². The lowest BCUT2D eigenvalue weighted by Crippen LogP contribution is -2.11. The molecule has 0 radical (unpaired) electrons. The first-order valence-corrected chi connectivity index (χ1v) is 5.87. The fourth-order valence-corrected chi connectivity index (χ4v) is 2.10. The molecule has 0 aliphatic heterocycles. The summed E-state index contributed by atoms with van der Waals surface area (Å²) >= 11 is 14.5. The minimum absolute atomic E-state index is 0.0317. The Morgan fingerprint density at radius 2 is 1.93 bits per heavy atom. The molecule has 0 aliphatic rings. The number of hydrogen-bond acceptors (Lipinski definition) is 0. The molecule has 0 saturated heterocycles. The molecule has 1 aromatic rings. The lowest BCUT2D eigenvalue weighted by Gasteiger charge is -2.16. The van der Waals surface area contributed by atoms with Crippen molar-refractivity contribution in [2.24, 2.45) is 0 Å². The Bertz CT molecular complexity index is 352. The van der Waals surface area contributed by atoms with E-state index in [0.717, 1.165) is 6.07 Å². The summed E-state index contributed by atoms with van der Waals surface area (Å²) in [5.74, 6) is 0. The lowest BCUT2D eigenvalue weighted by molar-refractivity contribution is -0.138. The van der Waals surface area contributed by atoms with Crippen LogP contribution in [0.1, 0.15) is 16.5 Å². The minimum atomic E-state index is -4.43. The maximum absolute atomic E-state index is 12.6. The third-order valence-corrected chi connectivity index (χ3v) is 3.53. The zero-order valence-corrected chi connectivity index (χ0v) is 10.4. The van der Waals surface area contributed by atoms with Gasteiger partial charge in [0.1, 0.15) is 0 Å². The van der Waals surface area contributed by atoms with Gasteiger partial charge in [0.05, 0.1) is 10.9 Å². The molecule has 1 rings (SSSR count). The monoisotopic (exact) mass is 320 g/mol. The van der Waals surface area contributed by atoms with E-state index in [4.69, 9.17) is 23.2 Å². The van der Waals surface area contributed by atoms with Gasteiger partial charge in [-0.2, -0.15) is 13.2 Å². The van der Waals surface area contributed by atoms with Crippen LogP contribution in [0.5, 0.6) is 0 Å². The van der Waals surface area contributed by atoms with E-state index in [1.807, 2.05) is 0 Å². The van der Waals surface area contributed by atoms with Crippen molar-refractivity contribution in [1.29, 1.82) is 0 Å². The molecule has 6 heteroatoms. The highest BCUT2D eigenvalue weighted by atomic mass is 79.9. The molecule has 0 nitrogen and oxygen atoms in total. The molecule has 0 bridgehead atoms. The predicted molar refractivity (Wildman–Crippen MR) is 58.8 cm³/mol. The number of benzene rings is 1. The Morgan fingerprint density at radius 3 is 2.40 bits per heavy atom. The van der Waals surface area contributed by atoms with Gasteiger partial charge >= 0.3 is 6.18 Å². The van der Waals surface area contributed by atoms with Gasteiger partial charge in [-0.1, -0.05) is 33.6 Å². The second-order valence-electron chi connectivity index (χ2n) is 2.82. The summed E-state index contributed by atoms with van der Waals surface area (Å²) in [4.78, 5) is 0. The lowest BCUT2D eigenvalue weighted by atomic mass is 10.0. The van der Waals surface area contributed by atoms with Gasteiger partial charge in [-0.15, -0.1) is 11.6 Å². The van der Waals surface area contributed by atoms with Crippen LogP contribution in [-0.4, -0.2) is 5.33 Å². The largest absolute Gasteiger partial charge is 0.416 e. The molecule has 0 heterocycles. The molecule has 0 spiro atoms. The molecule has 1 atom stereocenters. The van der Waals surface area contributed by atoms with Crippen molar-refractivity contribution < 1.29 is 13.2 Å². The third kappa shape index (κ3) is 3.02. The van der Waals surface area contributed by atoms with Gasteiger partial charge in [-0.05, 0) is 12.1 Å². The summed E-state index contributed by atoms with van der Waals surface area (Å²) < 4.78 is 37.8. The third-order valence-electron chi connectivity index (χ3n) is 1.81. The molecule has 0 fully saturated rings. The van der Waals surface area contributed by atoms with Crippen molar-refractivity contribution >= 4 is 39.1 Å². The Hall–Kier alpha value is 0.0700. The van der Waals surface area contributed by atoms with Gasteiger partial charge < -0.3 is 0 Å². The molecule has 0 amide bonds. The van der Waals surface area contributed by atoms with Gasteiger partial charge in [-0.3, -0.25) is 0 Å². The van der Waals surface area contributed by atoms with Crippen molar-refractivity contribution in [2.75, 3.05) is 5.33 Å². The van der Waals surface area contributed by atoms with Crippen LogP contribution in [0.4, 0.5) is 13.2 Å². The number of hydrogen-bond donors (Lipinski definition) is 0. The van der Waals surface area contributed by atoms with Crippen molar-refractivity contribution in [1.82, 2.24) is 0 Å². The fraction of sp³-hybridized carbons (Fsp3) is 0.333. The first-order chi connectivity index (χ1) is 6.88. The van der Waals surface area contributed by atoms with Crippen LogP contribution in [0.2, 0.25) is 5.02 Å². The van der Waals surface area contributed by atoms with Gasteiger partial charge in [0, 0.05) is 15.9 Å². The molecule has 0 N–H and O–H groups in total. The molecular weight excluding hydrogens is 316 g/mol. The number of alkyl halides is 5. The Labute approximate surface area is 103 Å². The van der Waals surface area contributed by atoms with E-state index in [-0.39, 0.29) is 15.9 Å². The van der Waals surface area contributed by atoms with Crippen molar-refractivity contribution in [3.63, 3.8) is 0 Å². The summed E-state index contributed by atoms with van der Waals surface area (Å²) in [7, 11) is 0.